The molecule has 1 nitrogen and oxygen atoms in total. The maximum absolute atomic E-state index is 5.03. The van der Waals surface area contributed by atoms with E-state index in [9.17, 15) is 0 Å². The number of furan rings is 1. The summed E-state index contributed by atoms with van der Waals surface area (Å²) in [7, 11) is 0. The monoisotopic (exact) mass is 116 g/mol. The number of fused-ring (bicyclic) bond motifs is 1. The predicted molar refractivity (Wildman–Crippen MR) is 33.9 cm³/mol. The molecule has 2 radical (unpaired) electrons. The highest BCUT2D eigenvalue weighted by atomic mass is 16.3. The van der Waals surface area contributed by atoms with E-state index < -0.39 is 0 Å². The van der Waals surface area contributed by atoms with E-state index >= 15 is 0 Å². The Balaban J connectivity index is 2.95. The van der Waals surface area contributed by atoms with E-state index in [1.165, 1.54) is 0 Å². The third-order valence-corrected chi connectivity index (χ3v) is 1.21. The molecular weight excluding hydrogens is 112 g/mol. The van der Waals surface area contributed by atoms with Gasteiger partial charge in [-0.15, -0.1) is 0 Å². The predicted octanol–water partition coefficient (Wildman–Crippen LogP) is 2.03. The van der Waals surface area contributed by atoms with E-state index in [0.29, 0.717) is 0 Å². The Morgan fingerprint density at radius 1 is 1.33 bits per heavy atom. The standard InChI is InChI=1S/C8H4O/c1-2-4-8-7(3-1)5-6-9-8/h1-2,4,6H. The van der Waals surface area contributed by atoms with Crippen molar-refractivity contribution >= 4 is 11.0 Å². The Morgan fingerprint density at radius 2 is 2.33 bits per heavy atom. The van der Waals surface area contributed by atoms with Crippen molar-refractivity contribution in [2.75, 3.05) is 0 Å². The van der Waals surface area contributed by atoms with Crippen molar-refractivity contribution in [1.29, 1.82) is 0 Å². The molecule has 1 aromatic heterocycles. The highest BCUT2D eigenvalue weighted by Gasteiger charge is 1.90. The lowest BCUT2D eigenvalue weighted by Gasteiger charge is -1.80. The first-order chi connectivity index (χ1) is 4.47. The highest BCUT2D eigenvalue weighted by Crippen LogP contribution is 2.11. The first-order valence-electron chi connectivity index (χ1n) is 2.72. The van der Waals surface area contributed by atoms with Crippen LogP contribution >= 0.6 is 0 Å². The Morgan fingerprint density at radius 3 is 3.22 bits per heavy atom. The fourth-order valence-corrected chi connectivity index (χ4v) is 0.784. The van der Waals surface area contributed by atoms with Gasteiger partial charge in [-0.3, -0.25) is 0 Å². The molecule has 0 aliphatic heterocycles. The molecule has 2 rings (SSSR count). The summed E-state index contributed by atoms with van der Waals surface area (Å²) in [5.74, 6) is 0. The van der Waals surface area contributed by atoms with Gasteiger partial charge < -0.3 is 4.42 Å². The van der Waals surface area contributed by atoms with Crippen molar-refractivity contribution in [3.63, 3.8) is 0 Å². The smallest absolute Gasteiger partial charge is 0.135 e. The van der Waals surface area contributed by atoms with E-state index in [-0.39, 0.29) is 0 Å². The van der Waals surface area contributed by atoms with Gasteiger partial charge in [-0.1, -0.05) is 12.1 Å². The molecule has 0 saturated heterocycles. The third-order valence-electron chi connectivity index (χ3n) is 1.21. The second-order valence-corrected chi connectivity index (χ2v) is 1.79. The molecule has 0 aliphatic rings. The molecule has 0 spiro atoms. The molecular formula is C8H4O. The second kappa shape index (κ2) is 1.62. The summed E-state index contributed by atoms with van der Waals surface area (Å²) in [4.78, 5) is 0. The molecule has 0 unspecified atom stereocenters. The van der Waals surface area contributed by atoms with Gasteiger partial charge >= 0.3 is 0 Å². The number of benzene rings is 1. The van der Waals surface area contributed by atoms with Crippen molar-refractivity contribution in [3.8, 4) is 0 Å². The van der Waals surface area contributed by atoms with Crippen LogP contribution in [0, 0.1) is 12.1 Å². The van der Waals surface area contributed by atoms with Crippen LogP contribution in [0.25, 0.3) is 11.0 Å². The van der Waals surface area contributed by atoms with Crippen LogP contribution in [0.15, 0.2) is 28.9 Å². The van der Waals surface area contributed by atoms with Crippen LogP contribution in [0.2, 0.25) is 0 Å². The lowest BCUT2D eigenvalue weighted by Crippen LogP contribution is -1.59. The van der Waals surface area contributed by atoms with Crippen molar-refractivity contribution in [3.05, 3.63) is 36.6 Å². The normalized spacial score (nSPS) is 10.2. The zero-order chi connectivity index (χ0) is 6.10. The Kier molecular flexibility index (Phi) is 0.833. The van der Waals surface area contributed by atoms with Gasteiger partial charge in [-0.2, -0.15) is 0 Å². The summed E-state index contributed by atoms with van der Waals surface area (Å²) in [6.07, 6.45) is 1.54. The average Bonchev–Trinajstić information content (AvgIpc) is 2.33. The fourth-order valence-electron chi connectivity index (χ4n) is 0.784. The van der Waals surface area contributed by atoms with Gasteiger partial charge in [-0.05, 0) is 12.1 Å². The van der Waals surface area contributed by atoms with Gasteiger partial charge in [0.1, 0.15) is 5.58 Å². The summed E-state index contributed by atoms with van der Waals surface area (Å²) in [5, 5.41) is 0.914. The minimum absolute atomic E-state index is 0.845. The molecule has 0 atom stereocenters. The molecule has 1 heterocycles. The minimum Gasteiger partial charge on any atom is -0.464 e. The van der Waals surface area contributed by atoms with Crippen LogP contribution in [0.5, 0.6) is 0 Å². The number of hydrogen-bond donors (Lipinski definition) is 0. The van der Waals surface area contributed by atoms with Crippen molar-refractivity contribution < 1.29 is 4.42 Å². The molecule has 1 aromatic carbocycles. The SMILES string of the molecule is [c]1cccc2oc[c]c12. The second-order valence-electron chi connectivity index (χ2n) is 1.79. The first-order valence-corrected chi connectivity index (χ1v) is 2.72. The van der Waals surface area contributed by atoms with E-state index in [1.807, 2.05) is 18.2 Å². The summed E-state index contributed by atoms with van der Waals surface area (Å²) in [6.45, 7) is 0. The van der Waals surface area contributed by atoms with Crippen LogP contribution in [0.3, 0.4) is 0 Å². The Hall–Kier alpha value is -1.24. The Bertz CT molecular complexity index is 279. The van der Waals surface area contributed by atoms with Crippen LogP contribution in [-0.4, -0.2) is 0 Å². The minimum atomic E-state index is 0.845. The molecule has 0 aliphatic carbocycles. The maximum atomic E-state index is 5.03. The fraction of sp³-hybridized carbons (Fsp3) is 0. The number of rotatable bonds is 0. The Labute approximate surface area is 52.9 Å². The summed E-state index contributed by atoms with van der Waals surface area (Å²) in [5.41, 5.74) is 0.845. The summed E-state index contributed by atoms with van der Waals surface area (Å²) >= 11 is 0. The topological polar surface area (TPSA) is 13.1 Å². The largest absolute Gasteiger partial charge is 0.464 e. The van der Waals surface area contributed by atoms with Gasteiger partial charge in [-0.25, -0.2) is 0 Å². The molecule has 0 fully saturated rings. The van der Waals surface area contributed by atoms with Crippen LogP contribution in [0.1, 0.15) is 0 Å². The molecule has 9 heavy (non-hydrogen) atoms. The van der Waals surface area contributed by atoms with Crippen LogP contribution in [0.4, 0.5) is 0 Å². The lowest BCUT2D eigenvalue weighted by molar-refractivity contribution is 0.615. The van der Waals surface area contributed by atoms with Crippen molar-refractivity contribution in [1.82, 2.24) is 0 Å². The summed E-state index contributed by atoms with van der Waals surface area (Å²) in [6, 6.07) is 11.5. The molecule has 0 bridgehead atoms. The van der Waals surface area contributed by atoms with Crippen LogP contribution in [-0.2, 0) is 0 Å². The zero-order valence-electron chi connectivity index (χ0n) is 4.72. The number of hydrogen-bond acceptors (Lipinski definition) is 1. The summed E-state index contributed by atoms with van der Waals surface area (Å²) < 4.78 is 5.03. The quantitative estimate of drug-likeness (QED) is 0.513. The zero-order valence-corrected chi connectivity index (χ0v) is 4.72. The van der Waals surface area contributed by atoms with Gasteiger partial charge in [0.05, 0.1) is 6.26 Å². The van der Waals surface area contributed by atoms with E-state index in [0.717, 1.165) is 11.0 Å². The van der Waals surface area contributed by atoms with E-state index in [4.69, 9.17) is 4.42 Å². The van der Waals surface area contributed by atoms with Gasteiger partial charge in [0.2, 0.25) is 0 Å². The van der Waals surface area contributed by atoms with Crippen molar-refractivity contribution in [2.45, 2.75) is 0 Å². The van der Waals surface area contributed by atoms with Crippen LogP contribution < -0.4 is 0 Å². The van der Waals surface area contributed by atoms with Crippen molar-refractivity contribution in [2.24, 2.45) is 0 Å². The molecule has 42 valence electrons. The maximum Gasteiger partial charge on any atom is 0.135 e. The lowest BCUT2D eigenvalue weighted by atomic mass is 10.3. The molecule has 2 aromatic rings. The van der Waals surface area contributed by atoms with Gasteiger partial charge in [0, 0.05) is 11.5 Å². The first kappa shape index (κ1) is 4.62. The van der Waals surface area contributed by atoms with Gasteiger partial charge in [0.25, 0.3) is 0 Å². The molecule has 0 N–H and O–H groups in total. The molecule has 1 heteroatoms. The van der Waals surface area contributed by atoms with E-state index in [1.54, 1.807) is 6.26 Å². The average molecular weight is 116 g/mol. The molecule has 0 saturated carbocycles. The molecule has 0 amide bonds. The van der Waals surface area contributed by atoms with E-state index in [2.05, 4.69) is 12.1 Å². The third kappa shape index (κ3) is 0.617. The highest BCUT2D eigenvalue weighted by molar-refractivity contribution is 5.75. The van der Waals surface area contributed by atoms with Gasteiger partial charge in [0.15, 0.2) is 0 Å².